The van der Waals surface area contributed by atoms with Crippen LogP contribution in [0.25, 0.3) is 0 Å². The summed E-state index contributed by atoms with van der Waals surface area (Å²) in [5.74, 6) is 0.810. The van der Waals surface area contributed by atoms with E-state index >= 15 is 0 Å². The SMILES string of the molecule is CCCCCC1=C(OC(C)=O)CCCC1. The zero-order chi connectivity index (χ0) is 11.1. The van der Waals surface area contributed by atoms with Gasteiger partial charge in [0.1, 0.15) is 5.76 Å². The van der Waals surface area contributed by atoms with Crippen molar-refractivity contribution < 1.29 is 9.53 Å². The topological polar surface area (TPSA) is 26.3 Å². The summed E-state index contributed by atoms with van der Waals surface area (Å²) in [5.41, 5.74) is 1.39. The number of hydrogen-bond donors (Lipinski definition) is 0. The Balaban J connectivity index is 2.51. The second kappa shape index (κ2) is 6.65. The van der Waals surface area contributed by atoms with E-state index in [2.05, 4.69) is 6.92 Å². The van der Waals surface area contributed by atoms with Gasteiger partial charge in [-0.1, -0.05) is 19.8 Å². The van der Waals surface area contributed by atoms with Crippen molar-refractivity contribution >= 4 is 5.97 Å². The van der Waals surface area contributed by atoms with E-state index in [-0.39, 0.29) is 5.97 Å². The summed E-state index contributed by atoms with van der Waals surface area (Å²) >= 11 is 0. The van der Waals surface area contributed by atoms with E-state index in [1.165, 1.54) is 44.6 Å². The fraction of sp³-hybridized carbons (Fsp3) is 0.769. The molecule has 0 radical (unpaired) electrons. The van der Waals surface area contributed by atoms with Crippen molar-refractivity contribution in [2.45, 2.75) is 65.2 Å². The van der Waals surface area contributed by atoms with Crippen LogP contribution in [-0.4, -0.2) is 5.97 Å². The molecule has 1 aliphatic carbocycles. The van der Waals surface area contributed by atoms with Crippen LogP contribution in [0.4, 0.5) is 0 Å². The Bertz CT molecular complexity index is 241. The highest BCUT2D eigenvalue weighted by atomic mass is 16.5. The molecule has 0 bridgehead atoms. The van der Waals surface area contributed by atoms with Gasteiger partial charge >= 0.3 is 5.97 Å². The molecule has 0 spiro atoms. The van der Waals surface area contributed by atoms with Crippen molar-refractivity contribution in [1.82, 2.24) is 0 Å². The number of carbonyl (C=O) groups excluding carboxylic acids is 1. The lowest BCUT2D eigenvalue weighted by atomic mass is 9.93. The number of rotatable bonds is 5. The van der Waals surface area contributed by atoms with Gasteiger partial charge in [0.05, 0.1) is 0 Å². The average Bonchev–Trinajstić information content (AvgIpc) is 2.20. The van der Waals surface area contributed by atoms with E-state index < -0.39 is 0 Å². The Morgan fingerprint density at radius 3 is 2.67 bits per heavy atom. The molecule has 0 aromatic rings. The van der Waals surface area contributed by atoms with Gasteiger partial charge in [0.15, 0.2) is 0 Å². The van der Waals surface area contributed by atoms with Crippen molar-refractivity contribution in [3.8, 4) is 0 Å². The molecule has 86 valence electrons. The predicted molar refractivity (Wildman–Crippen MR) is 61.4 cm³/mol. The minimum absolute atomic E-state index is 0.167. The van der Waals surface area contributed by atoms with Crippen LogP contribution in [0.5, 0.6) is 0 Å². The van der Waals surface area contributed by atoms with Crippen molar-refractivity contribution in [3.05, 3.63) is 11.3 Å². The lowest BCUT2D eigenvalue weighted by molar-refractivity contribution is -0.137. The van der Waals surface area contributed by atoms with Crippen molar-refractivity contribution in [1.29, 1.82) is 0 Å². The van der Waals surface area contributed by atoms with Gasteiger partial charge in [-0.3, -0.25) is 4.79 Å². The molecule has 0 saturated carbocycles. The Morgan fingerprint density at radius 2 is 2.00 bits per heavy atom. The van der Waals surface area contributed by atoms with Gasteiger partial charge in [-0.15, -0.1) is 0 Å². The molecule has 0 aromatic carbocycles. The highest BCUT2D eigenvalue weighted by molar-refractivity contribution is 5.67. The van der Waals surface area contributed by atoms with Gasteiger partial charge in [0.25, 0.3) is 0 Å². The third-order valence-electron chi connectivity index (χ3n) is 2.88. The van der Waals surface area contributed by atoms with Gasteiger partial charge in [0.2, 0.25) is 0 Å². The molecule has 0 N–H and O–H groups in total. The zero-order valence-corrected chi connectivity index (χ0v) is 9.97. The summed E-state index contributed by atoms with van der Waals surface area (Å²) in [6, 6.07) is 0. The predicted octanol–water partition coefficient (Wildman–Crippen LogP) is 3.96. The maximum atomic E-state index is 10.9. The molecule has 0 aromatic heterocycles. The second-order valence-electron chi connectivity index (χ2n) is 4.28. The molecule has 2 heteroatoms. The lowest BCUT2D eigenvalue weighted by Gasteiger charge is -2.19. The molecule has 0 atom stereocenters. The molecule has 0 unspecified atom stereocenters. The maximum Gasteiger partial charge on any atom is 0.307 e. The van der Waals surface area contributed by atoms with Crippen LogP contribution in [0.2, 0.25) is 0 Å². The van der Waals surface area contributed by atoms with E-state index in [4.69, 9.17) is 4.74 Å². The number of unbranched alkanes of at least 4 members (excludes halogenated alkanes) is 2. The normalized spacial score (nSPS) is 16.7. The molecule has 0 heterocycles. The number of esters is 1. The summed E-state index contributed by atoms with van der Waals surface area (Å²) in [6.07, 6.45) is 9.39. The summed E-state index contributed by atoms with van der Waals surface area (Å²) in [6.45, 7) is 3.70. The number of allylic oxidation sites excluding steroid dienone is 2. The van der Waals surface area contributed by atoms with Crippen LogP contribution in [0.15, 0.2) is 11.3 Å². The molecule has 1 aliphatic rings. The summed E-state index contributed by atoms with van der Waals surface area (Å²) in [4.78, 5) is 10.9. The molecule has 0 aliphatic heterocycles. The Kier molecular flexibility index (Phi) is 5.44. The zero-order valence-electron chi connectivity index (χ0n) is 9.97. The number of hydrogen-bond acceptors (Lipinski definition) is 2. The maximum absolute atomic E-state index is 10.9. The standard InChI is InChI=1S/C13H22O2/c1-3-4-5-8-12-9-6-7-10-13(12)15-11(2)14/h3-10H2,1-2H3. The monoisotopic (exact) mass is 210 g/mol. The van der Waals surface area contributed by atoms with Crippen LogP contribution in [-0.2, 0) is 9.53 Å². The minimum Gasteiger partial charge on any atom is -0.431 e. The van der Waals surface area contributed by atoms with E-state index in [9.17, 15) is 4.79 Å². The van der Waals surface area contributed by atoms with Crippen LogP contribution in [0.1, 0.15) is 65.2 Å². The number of carbonyl (C=O) groups is 1. The van der Waals surface area contributed by atoms with Gasteiger partial charge in [-0.05, 0) is 37.7 Å². The van der Waals surface area contributed by atoms with Crippen molar-refractivity contribution in [3.63, 3.8) is 0 Å². The van der Waals surface area contributed by atoms with Crippen LogP contribution >= 0.6 is 0 Å². The van der Waals surface area contributed by atoms with Gasteiger partial charge < -0.3 is 4.74 Å². The average molecular weight is 210 g/mol. The van der Waals surface area contributed by atoms with Gasteiger partial charge in [0, 0.05) is 13.3 Å². The molecule has 0 fully saturated rings. The summed E-state index contributed by atoms with van der Waals surface area (Å²) < 4.78 is 5.28. The molecule has 0 saturated heterocycles. The van der Waals surface area contributed by atoms with E-state index in [0.29, 0.717) is 0 Å². The quantitative estimate of drug-likeness (QED) is 0.507. The minimum atomic E-state index is -0.167. The molecule has 1 rings (SSSR count). The first-order chi connectivity index (χ1) is 7.24. The van der Waals surface area contributed by atoms with Crippen molar-refractivity contribution in [2.24, 2.45) is 0 Å². The molecule has 2 nitrogen and oxygen atoms in total. The van der Waals surface area contributed by atoms with E-state index in [1.807, 2.05) is 0 Å². The Morgan fingerprint density at radius 1 is 1.27 bits per heavy atom. The lowest BCUT2D eigenvalue weighted by Crippen LogP contribution is -2.07. The van der Waals surface area contributed by atoms with Crippen LogP contribution in [0.3, 0.4) is 0 Å². The highest BCUT2D eigenvalue weighted by Crippen LogP contribution is 2.29. The Hall–Kier alpha value is -0.790. The van der Waals surface area contributed by atoms with Crippen LogP contribution in [0, 0.1) is 0 Å². The highest BCUT2D eigenvalue weighted by Gasteiger charge is 2.14. The smallest absolute Gasteiger partial charge is 0.307 e. The van der Waals surface area contributed by atoms with Crippen molar-refractivity contribution in [2.75, 3.05) is 0 Å². The van der Waals surface area contributed by atoms with Gasteiger partial charge in [-0.2, -0.15) is 0 Å². The van der Waals surface area contributed by atoms with E-state index in [0.717, 1.165) is 25.0 Å². The van der Waals surface area contributed by atoms with Crippen LogP contribution < -0.4 is 0 Å². The third kappa shape index (κ3) is 4.50. The summed E-state index contributed by atoms with van der Waals surface area (Å²) in [5, 5.41) is 0. The fourth-order valence-corrected chi connectivity index (χ4v) is 2.09. The third-order valence-corrected chi connectivity index (χ3v) is 2.88. The molecular weight excluding hydrogens is 188 g/mol. The first-order valence-electron chi connectivity index (χ1n) is 6.13. The number of ether oxygens (including phenoxy) is 1. The molecule has 15 heavy (non-hydrogen) atoms. The fourth-order valence-electron chi connectivity index (χ4n) is 2.09. The molecular formula is C13H22O2. The van der Waals surface area contributed by atoms with Gasteiger partial charge in [-0.25, -0.2) is 0 Å². The first-order valence-corrected chi connectivity index (χ1v) is 6.13. The summed E-state index contributed by atoms with van der Waals surface area (Å²) in [7, 11) is 0. The molecule has 0 amide bonds. The first kappa shape index (κ1) is 12.3. The van der Waals surface area contributed by atoms with E-state index in [1.54, 1.807) is 0 Å². The second-order valence-corrected chi connectivity index (χ2v) is 4.28. The largest absolute Gasteiger partial charge is 0.431 e. The Labute approximate surface area is 92.7 Å².